The van der Waals surface area contributed by atoms with Crippen LogP contribution in [0.25, 0.3) is 10.8 Å². The van der Waals surface area contributed by atoms with Crippen molar-refractivity contribution in [1.82, 2.24) is 10.3 Å². The molecule has 0 radical (unpaired) electrons. The van der Waals surface area contributed by atoms with Crippen molar-refractivity contribution < 1.29 is 18.7 Å². The van der Waals surface area contributed by atoms with Gasteiger partial charge in [0.1, 0.15) is 11.6 Å². The summed E-state index contributed by atoms with van der Waals surface area (Å²) in [5, 5.41) is 12.3. The molecule has 0 unspecified atom stereocenters. The molecule has 5 nitrogen and oxygen atoms in total. The van der Waals surface area contributed by atoms with Crippen molar-refractivity contribution in [3.05, 3.63) is 81.3 Å². The van der Waals surface area contributed by atoms with Gasteiger partial charge in [0.05, 0.1) is 12.2 Å². The van der Waals surface area contributed by atoms with Crippen molar-refractivity contribution in [2.75, 3.05) is 13.2 Å². The summed E-state index contributed by atoms with van der Waals surface area (Å²) in [6.07, 6.45) is 1.38. The standard InChI is InChI=1S/C20H18F2N2O3.ClH/c1-11(23-7-8-25)12-9-16(21)18(17(22)10-12)19(26)14-3-2-4-15-13(14)5-6-24-20(15)27;/h2-6,9-11,23,25H,7-8H2,1H3,(H,24,27);1H/t11-;/m1./s1. The van der Waals surface area contributed by atoms with Crippen LogP contribution in [-0.2, 0) is 0 Å². The largest absolute Gasteiger partial charge is 0.395 e. The molecule has 8 heteroatoms. The second-order valence-corrected chi connectivity index (χ2v) is 6.16. The molecule has 2 aromatic carbocycles. The second-order valence-electron chi connectivity index (χ2n) is 6.16. The maximum atomic E-state index is 14.6. The highest BCUT2D eigenvalue weighted by Crippen LogP contribution is 2.25. The highest BCUT2D eigenvalue weighted by Gasteiger charge is 2.23. The van der Waals surface area contributed by atoms with Crippen molar-refractivity contribution in [2.45, 2.75) is 13.0 Å². The van der Waals surface area contributed by atoms with Gasteiger partial charge in [-0.25, -0.2) is 8.78 Å². The third-order valence-electron chi connectivity index (χ3n) is 4.41. The van der Waals surface area contributed by atoms with E-state index in [1.807, 2.05) is 0 Å². The van der Waals surface area contributed by atoms with Crippen LogP contribution in [0.2, 0.25) is 0 Å². The Morgan fingerprint density at radius 2 is 1.86 bits per heavy atom. The monoisotopic (exact) mass is 408 g/mol. The van der Waals surface area contributed by atoms with E-state index in [1.165, 1.54) is 30.5 Å². The number of rotatable bonds is 6. The lowest BCUT2D eigenvalue weighted by Crippen LogP contribution is -2.22. The molecule has 0 fully saturated rings. The van der Waals surface area contributed by atoms with E-state index in [4.69, 9.17) is 5.11 Å². The van der Waals surface area contributed by atoms with Gasteiger partial charge in [0.2, 0.25) is 0 Å². The molecule has 28 heavy (non-hydrogen) atoms. The fourth-order valence-corrected chi connectivity index (χ4v) is 3.01. The summed E-state index contributed by atoms with van der Waals surface area (Å²) in [6, 6.07) is 7.79. The number of aromatic amines is 1. The van der Waals surface area contributed by atoms with Crippen molar-refractivity contribution in [3.63, 3.8) is 0 Å². The van der Waals surface area contributed by atoms with E-state index < -0.39 is 29.0 Å². The van der Waals surface area contributed by atoms with E-state index in [2.05, 4.69) is 10.3 Å². The third-order valence-corrected chi connectivity index (χ3v) is 4.41. The summed E-state index contributed by atoms with van der Waals surface area (Å²) in [4.78, 5) is 27.2. The number of aromatic nitrogens is 1. The first-order valence-corrected chi connectivity index (χ1v) is 8.42. The number of nitrogens with one attached hydrogen (secondary N) is 2. The third kappa shape index (κ3) is 4.11. The van der Waals surface area contributed by atoms with E-state index in [1.54, 1.807) is 6.92 Å². The van der Waals surface area contributed by atoms with Gasteiger partial charge < -0.3 is 15.4 Å². The zero-order valence-electron chi connectivity index (χ0n) is 15.0. The van der Waals surface area contributed by atoms with Crippen LogP contribution in [0.1, 0.15) is 34.5 Å². The Hall–Kier alpha value is -2.61. The van der Waals surface area contributed by atoms with Gasteiger partial charge in [-0.1, -0.05) is 12.1 Å². The van der Waals surface area contributed by atoms with Crippen molar-refractivity contribution in [1.29, 1.82) is 0 Å². The van der Waals surface area contributed by atoms with Gasteiger partial charge in [0, 0.05) is 29.7 Å². The minimum atomic E-state index is -0.977. The molecule has 3 aromatic rings. The van der Waals surface area contributed by atoms with Crippen LogP contribution in [0.4, 0.5) is 8.78 Å². The molecule has 1 heterocycles. The summed E-state index contributed by atoms with van der Waals surface area (Å²) in [7, 11) is 0. The first kappa shape index (κ1) is 21.7. The van der Waals surface area contributed by atoms with Gasteiger partial charge in [-0.3, -0.25) is 9.59 Å². The molecule has 3 rings (SSSR count). The number of pyridine rings is 1. The Morgan fingerprint density at radius 1 is 1.18 bits per heavy atom. The van der Waals surface area contributed by atoms with E-state index in [-0.39, 0.29) is 42.1 Å². The predicted octanol–water partition coefficient (Wildman–Crippen LogP) is 3.10. The molecule has 1 atom stereocenters. The fraction of sp³-hybridized carbons (Fsp3) is 0.200. The van der Waals surface area contributed by atoms with Crippen molar-refractivity contribution in [3.8, 4) is 0 Å². The molecule has 0 saturated heterocycles. The van der Waals surface area contributed by atoms with Gasteiger partial charge in [-0.15, -0.1) is 12.4 Å². The maximum Gasteiger partial charge on any atom is 0.255 e. The number of carbonyl (C=O) groups excluding carboxylic acids is 1. The molecular formula is C20H19ClF2N2O3. The Kier molecular flexibility index (Phi) is 7.01. The molecular weight excluding hydrogens is 390 g/mol. The number of hydrogen-bond acceptors (Lipinski definition) is 4. The van der Waals surface area contributed by atoms with Crippen LogP contribution in [0.5, 0.6) is 0 Å². The maximum absolute atomic E-state index is 14.6. The van der Waals surface area contributed by atoms with Crippen LogP contribution in [0.3, 0.4) is 0 Å². The SMILES string of the molecule is C[C@@H](NCCO)c1cc(F)c(C(=O)c2cccc3c(=O)[nH]ccc23)c(F)c1.Cl. The van der Waals surface area contributed by atoms with Gasteiger partial charge in [-0.05, 0) is 42.1 Å². The summed E-state index contributed by atoms with van der Waals surface area (Å²) in [6.45, 7) is 1.87. The predicted molar refractivity (Wildman–Crippen MR) is 105 cm³/mol. The number of H-pyrrole nitrogens is 1. The molecule has 0 saturated carbocycles. The number of aliphatic hydroxyl groups is 1. The summed E-state index contributed by atoms with van der Waals surface area (Å²) in [5.74, 6) is -2.78. The first-order valence-electron chi connectivity index (χ1n) is 8.42. The Balaban J connectivity index is 0.00000280. The van der Waals surface area contributed by atoms with Gasteiger partial charge >= 0.3 is 0 Å². The zero-order chi connectivity index (χ0) is 19.6. The van der Waals surface area contributed by atoms with Gasteiger partial charge in [0.15, 0.2) is 5.78 Å². The van der Waals surface area contributed by atoms with E-state index >= 15 is 0 Å². The van der Waals surface area contributed by atoms with Crippen LogP contribution in [-0.4, -0.2) is 29.0 Å². The van der Waals surface area contributed by atoms with Gasteiger partial charge in [-0.2, -0.15) is 0 Å². The molecule has 0 aliphatic carbocycles. The number of benzene rings is 2. The van der Waals surface area contributed by atoms with E-state index in [0.717, 1.165) is 12.1 Å². The molecule has 0 amide bonds. The van der Waals surface area contributed by atoms with Crippen molar-refractivity contribution in [2.24, 2.45) is 0 Å². The lowest BCUT2D eigenvalue weighted by molar-refractivity contribution is 0.103. The number of ketones is 1. The van der Waals surface area contributed by atoms with Crippen LogP contribution < -0.4 is 10.9 Å². The highest BCUT2D eigenvalue weighted by atomic mass is 35.5. The number of fused-ring (bicyclic) bond motifs is 1. The topological polar surface area (TPSA) is 82.2 Å². The molecule has 0 aliphatic rings. The lowest BCUT2D eigenvalue weighted by atomic mass is 9.95. The molecule has 3 N–H and O–H groups in total. The Bertz CT molecular complexity index is 1050. The van der Waals surface area contributed by atoms with Crippen molar-refractivity contribution >= 4 is 29.0 Å². The van der Waals surface area contributed by atoms with Crippen LogP contribution in [0, 0.1) is 11.6 Å². The summed E-state index contributed by atoms with van der Waals surface area (Å²) < 4.78 is 29.2. The minimum Gasteiger partial charge on any atom is -0.395 e. The van der Waals surface area contributed by atoms with Crippen LogP contribution in [0.15, 0.2) is 47.4 Å². The average molecular weight is 409 g/mol. The smallest absolute Gasteiger partial charge is 0.255 e. The lowest BCUT2D eigenvalue weighted by Gasteiger charge is -2.15. The molecule has 0 aliphatic heterocycles. The quantitative estimate of drug-likeness (QED) is 0.547. The Morgan fingerprint density at radius 3 is 2.50 bits per heavy atom. The normalized spacial score (nSPS) is 11.9. The number of halogens is 3. The molecule has 0 bridgehead atoms. The Labute approximate surface area is 165 Å². The average Bonchev–Trinajstić information content (AvgIpc) is 2.65. The highest BCUT2D eigenvalue weighted by molar-refractivity contribution is 6.16. The molecule has 148 valence electrons. The molecule has 1 aromatic heterocycles. The second kappa shape index (κ2) is 9.05. The first-order chi connectivity index (χ1) is 12.9. The van der Waals surface area contributed by atoms with E-state index in [0.29, 0.717) is 10.9 Å². The minimum absolute atomic E-state index is 0. The summed E-state index contributed by atoms with van der Waals surface area (Å²) >= 11 is 0. The van der Waals surface area contributed by atoms with Gasteiger partial charge in [0.25, 0.3) is 5.56 Å². The summed E-state index contributed by atoms with van der Waals surface area (Å²) in [5.41, 5.74) is -0.678. The number of carbonyl (C=O) groups is 1. The van der Waals surface area contributed by atoms with E-state index in [9.17, 15) is 18.4 Å². The number of aliphatic hydroxyl groups excluding tert-OH is 1. The zero-order valence-corrected chi connectivity index (χ0v) is 15.8. The van der Waals surface area contributed by atoms with Crippen LogP contribution >= 0.6 is 12.4 Å². The number of hydrogen-bond donors (Lipinski definition) is 3. The fourth-order valence-electron chi connectivity index (χ4n) is 3.01. The molecule has 0 spiro atoms.